The SMILES string of the molecule is CC[C@H](C)[C@H](N)C(=O)N[C@H](C(=O)N[C@H](C=O)[C@@H](C)O)C(C)C. The van der Waals surface area contributed by atoms with Gasteiger partial charge in [-0.1, -0.05) is 34.1 Å². The van der Waals surface area contributed by atoms with E-state index in [0.29, 0.717) is 6.29 Å². The van der Waals surface area contributed by atoms with Crippen molar-refractivity contribution in [2.45, 2.75) is 65.3 Å². The Morgan fingerprint density at radius 2 is 1.68 bits per heavy atom. The molecule has 0 aliphatic heterocycles. The summed E-state index contributed by atoms with van der Waals surface area (Å²) in [6.45, 7) is 8.75. The van der Waals surface area contributed by atoms with E-state index in [1.807, 2.05) is 13.8 Å². The number of nitrogens with two attached hydrogens (primary N) is 1. The maximum absolute atomic E-state index is 12.2. The zero-order chi connectivity index (χ0) is 17.4. The molecule has 0 rings (SSSR count). The lowest BCUT2D eigenvalue weighted by atomic mass is 9.97. The minimum Gasteiger partial charge on any atom is -0.391 e. The van der Waals surface area contributed by atoms with Crippen LogP contribution in [0, 0.1) is 11.8 Å². The number of carbonyl (C=O) groups excluding carboxylic acids is 3. The minimum absolute atomic E-state index is 0.00365. The Bertz CT molecular complexity index is 385. The Hall–Kier alpha value is -1.47. The Balaban J connectivity index is 4.89. The van der Waals surface area contributed by atoms with Gasteiger partial charge in [-0.3, -0.25) is 9.59 Å². The van der Waals surface area contributed by atoms with Gasteiger partial charge in [0.15, 0.2) is 0 Å². The number of nitrogens with one attached hydrogen (secondary N) is 2. The molecule has 7 nitrogen and oxygen atoms in total. The smallest absolute Gasteiger partial charge is 0.243 e. The van der Waals surface area contributed by atoms with E-state index >= 15 is 0 Å². The van der Waals surface area contributed by atoms with Crippen molar-refractivity contribution >= 4 is 18.1 Å². The first-order chi connectivity index (χ1) is 10.1. The summed E-state index contributed by atoms with van der Waals surface area (Å²) in [6.07, 6.45) is 0.210. The van der Waals surface area contributed by atoms with Crippen molar-refractivity contribution in [2.24, 2.45) is 17.6 Å². The van der Waals surface area contributed by atoms with Crippen LogP contribution in [0.5, 0.6) is 0 Å². The van der Waals surface area contributed by atoms with E-state index in [-0.39, 0.29) is 11.8 Å². The molecule has 0 aromatic rings. The van der Waals surface area contributed by atoms with E-state index in [2.05, 4.69) is 10.6 Å². The van der Waals surface area contributed by atoms with E-state index < -0.39 is 36.0 Å². The second-order valence-corrected chi connectivity index (χ2v) is 6.05. The molecular weight excluding hydrogens is 286 g/mol. The molecule has 22 heavy (non-hydrogen) atoms. The maximum atomic E-state index is 12.2. The van der Waals surface area contributed by atoms with Crippen LogP contribution in [0.1, 0.15) is 41.0 Å². The van der Waals surface area contributed by atoms with E-state index in [1.165, 1.54) is 6.92 Å². The lowest BCUT2D eigenvalue weighted by Crippen LogP contribution is -2.57. The molecule has 7 heteroatoms. The quantitative estimate of drug-likeness (QED) is 0.430. The molecule has 0 saturated carbocycles. The maximum Gasteiger partial charge on any atom is 0.243 e. The minimum atomic E-state index is -1.01. The second-order valence-electron chi connectivity index (χ2n) is 6.05. The molecule has 0 fully saturated rings. The van der Waals surface area contributed by atoms with Crippen LogP contribution >= 0.6 is 0 Å². The highest BCUT2D eigenvalue weighted by Crippen LogP contribution is 2.08. The second kappa shape index (κ2) is 9.53. The third-order valence-electron chi connectivity index (χ3n) is 3.78. The number of hydrogen-bond donors (Lipinski definition) is 4. The molecule has 0 heterocycles. The van der Waals surface area contributed by atoms with Crippen LogP contribution in [-0.4, -0.2) is 47.4 Å². The van der Waals surface area contributed by atoms with Crippen LogP contribution in [0.2, 0.25) is 0 Å². The number of aliphatic hydroxyl groups excluding tert-OH is 1. The summed E-state index contributed by atoms with van der Waals surface area (Å²) in [6, 6.07) is -2.52. The number of carbonyl (C=O) groups is 3. The first-order valence-electron chi connectivity index (χ1n) is 7.65. The molecule has 2 amide bonds. The van der Waals surface area contributed by atoms with Crippen molar-refractivity contribution in [3.8, 4) is 0 Å². The van der Waals surface area contributed by atoms with Crippen molar-refractivity contribution in [1.29, 1.82) is 0 Å². The molecular formula is C15H29N3O4. The topological polar surface area (TPSA) is 122 Å². The predicted molar refractivity (Wildman–Crippen MR) is 83.9 cm³/mol. The van der Waals surface area contributed by atoms with Crippen molar-refractivity contribution in [2.75, 3.05) is 0 Å². The van der Waals surface area contributed by atoms with Gasteiger partial charge in [0.05, 0.1) is 12.1 Å². The van der Waals surface area contributed by atoms with Gasteiger partial charge in [-0.15, -0.1) is 0 Å². The Labute approximate surface area is 132 Å². The predicted octanol–water partition coefficient (Wildman–Crippen LogP) is -0.435. The van der Waals surface area contributed by atoms with Crippen molar-refractivity contribution in [3.05, 3.63) is 0 Å². The number of aliphatic hydroxyl groups is 1. The summed E-state index contributed by atoms with van der Waals surface area (Å²) in [5.41, 5.74) is 5.86. The van der Waals surface area contributed by atoms with E-state index in [1.54, 1.807) is 13.8 Å². The van der Waals surface area contributed by atoms with Gasteiger partial charge in [0.1, 0.15) is 18.4 Å². The molecule has 0 aliphatic carbocycles. The molecule has 0 aliphatic rings. The van der Waals surface area contributed by atoms with Gasteiger partial charge in [0, 0.05) is 0 Å². The first kappa shape index (κ1) is 20.5. The van der Waals surface area contributed by atoms with Gasteiger partial charge in [-0.2, -0.15) is 0 Å². The summed E-state index contributed by atoms with van der Waals surface area (Å²) in [7, 11) is 0. The van der Waals surface area contributed by atoms with E-state index in [9.17, 15) is 19.5 Å². The Morgan fingerprint density at radius 1 is 1.14 bits per heavy atom. The largest absolute Gasteiger partial charge is 0.391 e. The summed E-state index contributed by atoms with van der Waals surface area (Å²) >= 11 is 0. The molecule has 5 N–H and O–H groups in total. The van der Waals surface area contributed by atoms with Crippen LogP contribution in [0.4, 0.5) is 0 Å². The highest BCUT2D eigenvalue weighted by molar-refractivity contribution is 5.91. The van der Waals surface area contributed by atoms with Crippen molar-refractivity contribution in [3.63, 3.8) is 0 Å². The summed E-state index contributed by atoms with van der Waals surface area (Å²) < 4.78 is 0. The fourth-order valence-corrected chi connectivity index (χ4v) is 1.82. The summed E-state index contributed by atoms with van der Waals surface area (Å²) in [5, 5.41) is 14.5. The van der Waals surface area contributed by atoms with Crippen LogP contribution < -0.4 is 16.4 Å². The molecule has 0 unspecified atom stereocenters. The molecule has 128 valence electrons. The van der Waals surface area contributed by atoms with E-state index in [4.69, 9.17) is 5.73 Å². The molecule has 5 atom stereocenters. The van der Waals surface area contributed by atoms with Crippen LogP contribution in [0.3, 0.4) is 0 Å². The van der Waals surface area contributed by atoms with Crippen LogP contribution in [0.15, 0.2) is 0 Å². The summed E-state index contributed by atoms with van der Waals surface area (Å²) in [5.74, 6) is -1.11. The fourth-order valence-electron chi connectivity index (χ4n) is 1.82. The summed E-state index contributed by atoms with van der Waals surface area (Å²) in [4.78, 5) is 35.2. The van der Waals surface area contributed by atoms with Crippen molar-refractivity contribution in [1.82, 2.24) is 10.6 Å². The highest BCUT2D eigenvalue weighted by Gasteiger charge is 2.30. The lowest BCUT2D eigenvalue weighted by Gasteiger charge is -2.26. The van der Waals surface area contributed by atoms with Gasteiger partial charge in [0.25, 0.3) is 0 Å². The number of aldehydes is 1. The Kier molecular flexibility index (Phi) is 8.89. The van der Waals surface area contributed by atoms with Crippen LogP contribution in [-0.2, 0) is 14.4 Å². The average molecular weight is 315 g/mol. The molecule has 0 aromatic heterocycles. The highest BCUT2D eigenvalue weighted by atomic mass is 16.3. The number of rotatable bonds is 9. The molecule has 0 saturated heterocycles. The Morgan fingerprint density at radius 3 is 2.05 bits per heavy atom. The normalized spacial score (nSPS) is 18.0. The van der Waals surface area contributed by atoms with Gasteiger partial charge in [-0.05, 0) is 18.8 Å². The average Bonchev–Trinajstić information content (AvgIpc) is 2.47. The van der Waals surface area contributed by atoms with Gasteiger partial charge in [0.2, 0.25) is 11.8 Å². The van der Waals surface area contributed by atoms with Gasteiger partial charge < -0.3 is 26.3 Å². The third-order valence-corrected chi connectivity index (χ3v) is 3.78. The zero-order valence-electron chi connectivity index (χ0n) is 14.0. The van der Waals surface area contributed by atoms with E-state index in [0.717, 1.165) is 6.42 Å². The van der Waals surface area contributed by atoms with Gasteiger partial charge >= 0.3 is 0 Å². The van der Waals surface area contributed by atoms with Gasteiger partial charge in [-0.25, -0.2) is 0 Å². The monoisotopic (exact) mass is 315 g/mol. The standard InChI is InChI=1S/C15H29N3O4/c1-6-9(4)12(16)14(21)18-13(8(2)3)15(22)17-11(7-19)10(5)20/h7-13,20H,6,16H2,1-5H3,(H,17,22)(H,18,21)/t9-,10+,11+,12-,13-/m0/s1. The van der Waals surface area contributed by atoms with Crippen molar-refractivity contribution < 1.29 is 19.5 Å². The molecule has 0 bridgehead atoms. The first-order valence-corrected chi connectivity index (χ1v) is 7.65. The number of hydrogen-bond acceptors (Lipinski definition) is 5. The molecule has 0 aromatic carbocycles. The third kappa shape index (κ3) is 6.11. The van der Waals surface area contributed by atoms with Crippen LogP contribution in [0.25, 0.3) is 0 Å². The molecule has 0 radical (unpaired) electrons. The molecule has 0 spiro atoms. The zero-order valence-corrected chi connectivity index (χ0v) is 14.0. The fraction of sp³-hybridized carbons (Fsp3) is 0.800. The lowest BCUT2D eigenvalue weighted by molar-refractivity contribution is -0.132. The number of amides is 2.